The van der Waals surface area contributed by atoms with E-state index in [-0.39, 0.29) is 11.8 Å². The molecule has 0 bridgehead atoms. The van der Waals surface area contributed by atoms with Gasteiger partial charge in [0.25, 0.3) is 11.8 Å². The smallest absolute Gasteiger partial charge is 0.265 e. The van der Waals surface area contributed by atoms with Gasteiger partial charge in [0.1, 0.15) is 11.5 Å². The molecule has 2 atom stereocenters. The molecular formula is C26H27ClN2O4. The number of aryl methyl sites for hydroxylation is 1. The van der Waals surface area contributed by atoms with Crippen LogP contribution in [0.4, 0.5) is 11.4 Å². The Morgan fingerprint density at radius 2 is 1.42 bits per heavy atom. The van der Waals surface area contributed by atoms with Gasteiger partial charge in [0, 0.05) is 11.4 Å². The van der Waals surface area contributed by atoms with Crippen LogP contribution in [0.2, 0.25) is 5.02 Å². The normalized spacial score (nSPS) is 12.4. The number of nitrogens with one attached hydrogen (secondary N) is 2. The van der Waals surface area contributed by atoms with Crippen molar-refractivity contribution in [1.82, 2.24) is 0 Å². The second-order valence-electron chi connectivity index (χ2n) is 7.57. The summed E-state index contributed by atoms with van der Waals surface area (Å²) in [6.45, 7) is 5.53. The summed E-state index contributed by atoms with van der Waals surface area (Å²) in [6, 6.07) is 21.4. The molecule has 2 unspecified atom stereocenters. The molecule has 6 nitrogen and oxygen atoms in total. The Hall–Kier alpha value is -3.51. The molecule has 2 amide bonds. The summed E-state index contributed by atoms with van der Waals surface area (Å²) in [5.74, 6) is 0.535. The second-order valence-corrected chi connectivity index (χ2v) is 7.98. The molecule has 7 heteroatoms. The number of hydrogen-bond donors (Lipinski definition) is 2. The van der Waals surface area contributed by atoms with Gasteiger partial charge in [0.05, 0.1) is 5.02 Å². The van der Waals surface area contributed by atoms with Crippen LogP contribution in [-0.4, -0.2) is 24.0 Å². The molecule has 3 aromatic rings. The van der Waals surface area contributed by atoms with Gasteiger partial charge in [-0.25, -0.2) is 0 Å². The first-order valence-electron chi connectivity index (χ1n) is 10.7. The van der Waals surface area contributed by atoms with E-state index in [1.165, 1.54) is 0 Å². The van der Waals surface area contributed by atoms with Gasteiger partial charge in [0.2, 0.25) is 0 Å². The minimum absolute atomic E-state index is 0.239. The number of rotatable bonds is 9. The summed E-state index contributed by atoms with van der Waals surface area (Å²) in [7, 11) is 0. The molecule has 0 saturated heterocycles. The molecule has 0 saturated carbocycles. The molecular weight excluding hydrogens is 440 g/mol. The van der Waals surface area contributed by atoms with E-state index in [9.17, 15) is 9.59 Å². The minimum atomic E-state index is -0.742. The molecule has 0 spiro atoms. The predicted octanol–water partition coefficient (Wildman–Crippen LogP) is 5.85. The molecule has 0 heterocycles. The molecule has 3 aromatic carbocycles. The highest BCUT2D eigenvalue weighted by Gasteiger charge is 2.19. The van der Waals surface area contributed by atoms with Crippen LogP contribution in [0.25, 0.3) is 0 Å². The molecule has 3 rings (SSSR count). The summed E-state index contributed by atoms with van der Waals surface area (Å²) < 4.78 is 11.5. The molecule has 172 valence electrons. The van der Waals surface area contributed by atoms with E-state index < -0.39 is 12.2 Å². The lowest BCUT2D eigenvalue weighted by Gasteiger charge is -2.18. The molecule has 0 radical (unpaired) electrons. The summed E-state index contributed by atoms with van der Waals surface area (Å²) in [5.41, 5.74) is 2.30. The van der Waals surface area contributed by atoms with E-state index in [0.29, 0.717) is 34.3 Å². The fourth-order valence-electron chi connectivity index (χ4n) is 2.99. The lowest BCUT2D eigenvalue weighted by Crippen LogP contribution is -2.32. The zero-order valence-corrected chi connectivity index (χ0v) is 19.6. The fourth-order valence-corrected chi connectivity index (χ4v) is 3.17. The largest absolute Gasteiger partial charge is 0.481 e. The summed E-state index contributed by atoms with van der Waals surface area (Å²) >= 11 is 6.08. The molecule has 0 fully saturated rings. The number of benzene rings is 3. The number of carbonyl (C=O) groups excluding carboxylic acids is 2. The van der Waals surface area contributed by atoms with Gasteiger partial charge < -0.3 is 20.1 Å². The lowest BCUT2D eigenvalue weighted by atomic mass is 10.2. The average Bonchev–Trinajstić information content (AvgIpc) is 2.81. The summed E-state index contributed by atoms with van der Waals surface area (Å²) in [5, 5.41) is 6.08. The van der Waals surface area contributed by atoms with Gasteiger partial charge in [-0.3, -0.25) is 9.59 Å². The fraction of sp³-hybridized carbons (Fsp3) is 0.231. The van der Waals surface area contributed by atoms with E-state index in [1.807, 2.05) is 38.1 Å². The van der Waals surface area contributed by atoms with Crippen LogP contribution in [-0.2, 0) is 9.59 Å². The van der Waals surface area contributed by atoms with Gasteiger partial charge >= 0.3 is 0 Å². The minimum Gasteiger partial charge on any atom is -0.481 e. The number of amides is 2. The number of carbonyl (C=O) groups is 2. The summed E-state index contributed by atoms with van der Waals surface area (Å²) in [6.07, 6.45) is -0.833. The van der Waals surface area contributed by atoms with Crippen molar-refractivity contribution in [3.8, 4) is 11.5 Å². The third kappa shape index (κ3) is 6.99. The van der Waals surface area contributed by atoms with Crippen molar-refractivity contribution in [3.05, 3.63) is 83.4 Å². The maximum absolute atomic E-state index is 12.6. The topological polar surface area (TPSA) is 76.7 Å². The molecule has 0 aliphatic heterocycles. The van der Waals surface area contributed by atoms with Crippen molar-refractivity contribution >= 4 is 34.8 Å². The molecule has 0 aliphatic carbocycles. The average molecular weight is 467 g/mol. The first-order valence-corrected chi connectivity index (χ1v) is 11.1. The van der Waals surface area contributed by atoms with Gasteiger partial charge in [-0.15, -0.1) is 0 Å². The van der Waals surface area contributed by atoms with Crippen LogP contribution in [0, 0.1) is 6.92 Å². The third-order valence-corrected chi connectivity index (χ3v) is 5.20. The number of para-hydroxylation sites is 1. The van der Waals surface area contributed by atoms with Crippen LogP contribution in [0.1, 0.15) is 25.8 Å². The third-order valence-electron chi connectivity index (χ3n) is 4.89. The van der Waals surface area contributed by atoms with E-state index in [2.05, 4.69) is 10.6 Å². The number of halogens is 1. The highest BCUT2D eigenvalue weighted by atomic mass is 35.5. The molecule has 2 N–H and O–H groups in total. The highest BCUT2D eigenvalue weighted by Crippen LogP contribution is 2.24. The van der Waals surface area contributed by atoms with Crippen molar-refractivity contribution in [3.63, 3.8) is 0 Å². The molecule has 33 heavy (non-hydrogen) atoms. The van der Waals surface area contributed by atoms with Crippen molar-refractivity contribution < 1.29 is 19.1 Å². The van der Waals surface area contributed by atoms with Crippen molar-refractivity contribution in [2.45, 2.75) is 39.4 Å². The molecule has 0 aliphatic rings. The number of ether oxygens (including phenoxy) is 2. The zero-order chi connectivity index (χ0) is 23.8. The van der Waals surface area contributed by atoms with Gasteiger partial charge in [-0.2, -0.15) is 0 Å². The van der Waals surface area contributed by atoms with Crippen LogP contribution >= 0.6 is 11.6 Å². The maximum Gasteiger partial charge on any atom is 0.265 e. The first kappa shape index (κ1) is 24.1. The lowest BCUT2D eigenvalue weighted by molar-refractivity contribution is -0.123. The Morgan fingerprint density at radius 3 is 2.00 bits per heavy atom. The Balaban J connectivity index is 1.54. The monoisotopic (exact) mass is 466 g/mol. The number of hydrogen-bond acceptors (Lipinski definition) is 4. The first-order chi connectivity index (χ1) is 15.9. The Morgan fingerprint density at radius 1 is 0.848 bits per heavy atom. The van der Waals surface area contributed by atoms with E-state index in [4.69, 9.17) is 21.1 Å². The summed E-state index contributed by atoms with van der Waals surface area (Å²) in [4.78, 5) is 25.1. The van der Waals surface area contributed by atoms with Crippen molar-refractivity contribution in [2.75, 3.05) is 10.6 Å². The molecule has 0 aromatic heterocycles. The van der Waals surface area contributed by atoms with Crippen LogP contribution in [0.5, 0.6) is 11.5 Å². The predicted molar refractivity (Wildman–Crippen MR) is 131 cm³/mol. The Bertz CT molecular complexity index is 1080. The van der Waals surface area contributed by atoms with Gasteiger partial charge in [-0.05, 0) is 68.8 Å². The Labute approximate surface area is 198 Å². The standard InChI is InChI=1S/C26H27ClN2O4/c1-4-23(33-21-15-9-17(2)10-16-21)26(31)29-20-13-11-19(12-14-20)28-25(30)18(3)32-24-8-6-5-7-22(24)27/h5-16,18,23H,4H2,1-3H3,(H,28,30)(H,29,31). The SMILES string of the molecule is CCC(Oc1ccc(C)cc1)C(=O)Nc1ccc(NC(=O)C(C)Oc2ccccc2Cl)cc1. The maximum atomic E-state index is 12.6. The van der Waals surface area contributed by atoms with Crippen molar-refractivity contribution in [2.24, 2.45) is 0 Å². The van der Waals surface area contributed by atoms with Crippen LogP contribution in [0.3, 0.4) is 0 Å². The van der Waals surface area contributed by atoms with E-state index in [1.54, 1.807) is 55.5 Å². The van der Waals surface area contributed by atoms with Gasteiger partial charge in [0.15, 0.2) is 12.2 Å². The second kappa shape index (κ2) is 11.4. The quantitative estimate of drug-likeness (QED) is 0.414. The highest BCUT2D eigenvalue weighted by molar-refractivity contribution is 6.32. The zero-order valence-electron chi connectivity index (χ0n) is 18.8. The van der Waals surface area contributed by atoms with Crippen LogP contribution < -0.4 is 20.1 Å². The van der Waals surface area contributed by atoms with E-state index >= 15 is 0 Å². The van der Waals surface area contributed by atoms with Gasteiger partial charge in [-0.1, -0.05) is 48.4 Å². The van der Waals surface area contributed by atoms with Crippen LogP contribution in [0.15, 0.2) is 72.8 Å². The number of anilines is 2. The van der Waals surface area contributed by atoms with E-state index in [0.717, 1.165) is 5.56 Å². The Kier molecular flexibility index (Phi) is 8.33. The van der Waals surface area contributed by atoms with Crippen molar-refractivity contribution in [1.29, 1.82) is 0 Å².